The third kappa shape index (κ3) is 3.37. The molecule has 0 bridgehead atoms. The van der Waals surface area contributed by atoms with Crippen molar-refractivity contribution in [2.45, 2.75) is 18.9 Å². The summed E-state index contributed by atoms with van der Waals surface area (Å²) in [7, 11) is 0. The molecule has 0 N–H and O–H groups in total. The molecule has 2 aromatic heterocycles. The van der Waals surface area contributed by atoms with Crippen molar-refractivity contribution in [1.82, 2.24) is 19.3 Å². The predicted molar refractivity (Wildman–Crippen MR) is 106 cm³/mol. The van der Waals surface area contributed by atoms with Crippen LogP contribution in [0.15, 0.2) is 42.7 Å². The van der Waals surface area contributed by atoms with E-state index in [1.54, 1.807) is 11.1 Å². The molecule has 1 amide bonds. The first kappa shape index (κ1) is 17.5. The van der Waals surface area contributed by atoms with Gasteiger partial charge in [0.2, 0.25) is 0 Å². The van der Waals surface area contributed by atoms with Crippen LogP contribution in [0, 0.1) is 3.70 Å². The van der Waals surface area contributed by atoms with Gasteiger partial charge in [-0.1, -0.05) is 41.9 Å². The zero-order chi connectivity index (χ0) is 18.1. The van der Waals surface area contributed by atoms with Crippen LogP contribution in [-0.2, 0) is 11.3 Å². The van der Waals surface area contributed by atoms with Crippen molar-refractivity contribution in [3.05, 3.63) is 63.0 Å². The van der Waals surface area contributed by atoms with E-state index in [0.717, 1.165) is 27.0 Å². The Morgan fingerprint density at radius 2 is 2.15 bits per heavy atom. The van der Waals surface area contributed by atoms with Gasteiger partial charge in [0.25, 0.3) is 0 Å². The molecule has 1 aromatic carbocycles. The van der Waals surface area contributed by atoms with Crippen LogP contribution in [0.2, 0.25) is 5.15 Å². The number of imidazole rings is 1. The van der Waals surface area contributed by atoms with Crippen LogP contribution in [0.1, 0.15) is 23.7 Å². The normalized spacial score (nSPS) is 17.0. The molecule has 3 aromatic rings. The van der Waals surface area contributed by atoms with E-state index in [1.807, 2.05) is 40.9 Å². The van der Waals surface area contributed by atoms with E-state index < -0.39 is 0 Å². The molecule has 1 atom stereocenters. The Balaban J connectivity index is 1.45. The highest BCUT2D eigenvalue weighted by Gasteiger charge is 2.31. The molecule has 0 saturated carbocycles. The van der Waals surface area contributed by atoms with Gasteiger partial charge in [-0.2, -0.15) is 0 Å². The maximum Gasteiger partial charge on any atom is 0.410 e. The number of fused-ring (bicyclic) bond motifs is 1. The molecular weight excluding hydrogens is 467 g/mol. The molecule has 1 saturated heterocycles. The van der Waals surface area contributed by atoms with Crippen molar-refractivity contribution < 1.29 is 9.53 Å². The van der Waals surface area contributed by atoms with Crippen molar-refractivity contribution in [3.8, 4) is 0 Å². The van der Waals surface area contributed by atoms with Crippen LogP contribution in [0.3, 0.4) is 0 Å². The summed E-state index contributed by atoms with van der Waals surface area (Å²) in [6.07, 6.45) is 4.08. The van der Waals surface area contributed by atoms with Gasteiger partial charge >= 0.3 is 6.09 Å². The first-order valence-corrected chi connectivity index (χ1v) is 9.72. The number of nitrogens with zero attached hydrogens (tertiary/aromatic N) is 4. The maximum atomic E-state index is 12.4. The first-order chi connectivity index (χ1) is 12.6. The smallest absolute Gasteiger partial charge is 0.410 e. The fourth-order valence-corrected chi connectivity index (χ4v) is 4.38. The summed E-state index contributed by atoms with van der Waals surface area (Å²) in [4.78, 5) is 22.9. The number of amides is 1. The Morgan fingerprint density at radius 3 is 2.96 bits per heavy atom. The second kappa shape index (κ2) is 7.40. The Kier molecular flexibility index (Phi) is 4.99. The maximum absolute atomic E-state index is 12.4. The summed E-state index contributed by atoms with van der Waals surface area (Å²) < 4.78 is 8.23. The molecule has 4 rings (SSSR count). The average Bonchev–Trinajstić information content (AvgIpc) is 3.26. The summed E-state index contributed by atoms with van der Waals surface area (Å²) in [5.74, 6) is 1.06. The number of hydrogen-bond donors (Lipinski definition) is 0. The van der Waals surface area contributed by atoms with Crippen LogP contribution < -0.4 is 0 Å². The van der Waals surface area contributed by atoms with E-state index in [0.29, 0.717) is 18.2 Å². The highest BCUT2D eigenvalue weighted by atomic mass is 127. The zero-order valence-electron chi connectivity index (χ0n) is 13.8. The predicted octanol–water partition coefficient (Wildman–Crippen LogP) is 4.11. The largest absolute Gasteiger partial charge is 0.445 e. The summed E-state index contributed by atoms with van der Waals surface area (Å²) >= 11 is 8.37. The molecule has 1 aliphatic heterocycles. The second-order valence-corrected chi connectivity index (χ2v) is 7.55. The van der Waals surface area contributed by atoms with Gasteiger partial charge in [0.15, 0.2) is 5.15 Å². The van der Waals surface area contributed by atoms with Gasteiger partial charge in [-0.05, 0) is 34.6 Å². The summed E-state index contributed by atoms with van der Waals surface area (Å²) in [6, 6.07) is 9.68. The van der Waals surface area contributed by atoms with Crippen molar-refractivity contribution in [3.63, 3.8) is 0 Å². The summed E-state index contributed by atoms with van der Waals surface area (Å²) in [6.45, 7) is 1.53. The zero-order valence-corrected chi connectivity index (χ0v) is 16.7. The van der Waals surface area contributed by atoms with Crippen LogP contribution in [0.5, 0.6) is 0 Å². The standard InChI is InChI=1S/C18H16ClIN4O2/c19-15-14-16(20)22-17(24(14)9-7-21-15)13-6-8-23(10-13)18(25)26-11-12-4-2-1-3-5-12/h1-5,7,9,13H,6,8,10-11H2/t13-/m0/s1. The number of rotatable bonds is 3. The average molecular weight is 483 g/mol. The fourth-order valence-electron chi connectivity index (χ4n) is 3.22. The second-order valence-electron chi connectivity index (χ2n) is 6.17. The molecular formula is C18H16ClIN4O2. The molecule has 6 nitrogen and oxygen atoms in total. The lowest BCUT2D eigenvalue weighted by molar-refractivity contribution is 0.104. The van der Waals surface area contributed by atoms with Gasteiger partial charge < -0.3 is 9.64 Å². The minimum atomic E-state index is -0.286. The highest BCUT2D eigenvalue weighted by molar-refractivity contribution is 14.1. The number of aromatic nitrogens is 3. The van der Waals surface area contributed by atoms with Crippen LogP contribution >= 0.6 is 34.2 Å². The Morgan fingerprint density at radius 1 is 1.35 bits per heavy atom. The van der Waals surface area contributed by atoms with Crippen molar-refractivity contribution in [2.24, 2.45) is 0 Å². The van der Waals surface area contributed by atoms with Gasteiger partial charge in [-0.25, -0.2) is 14.8 Å². The third-order valence-electron chi connectivity index (χ3n) is 4.51. The number of hydrogen-bond acceptors (Lipinski definition) is 4. The van der Waals surface area contributed by atoms with Gasteiger partial charge in [-0.3, -0.25) is 4.40 Å². The quantitative estimate of drug-likeness (QED) is 0.527. The van der Waals surface area contributed by atoms with E-state index in [-0.39, 0.29) is 18.6 Å². The van der Waals surface area contributed by atoms with Gasteiger partial charge in [0.05, 0.1) is 0 Å². The lowest BCUT2D eigenvalue weighted by Crippen LogP contribution is -2.29. The van der Waals surface area contributed by atoms with E-state index >= 15 is 0 Å². The number of halogens is 2. The minimum absolute atomic E-state index is 0.147. The summed E-state index contributed by atoms with van der Waals surface area (Å²) in [5, 5.41) is 0.438. The van der Waals surface area contributed by atoms with E-state index in [1.165, 1.54) is 0 Å². The number of carbonyl (C=O) groups is 1. The number of carbonyl (C=O) groups excluding carboxylic acids is 1. The van der Waals surface area contributed by atoms with E-state index in [2.05, 4.69) is 32.6 Å². The number of benzene rings is 1. The lowest BCUT2D eigenvalue weighted by Gasteiger charge is -2.16. The number of ether oxygens (including phenoxy) is 1. The molecule has 0 spiro atoms. The minimum Gasteiger partial charge on any atom is -0.445 e. The van der Waals surface area contributed by atoms with E-state index in [4.69, 9.17) is 16.3 Å². The van der Waals surface area contributed by atoms with Gasteiger partial charge in [0.1, 0.15) is 21.6 Å². The molecule has 134 valence electrons. The van der Waals surface area contributed by atoms with Gasteiger partial charge in [-0.15, -0.1) is 0 Å². The molecule has 0 unspecified atom stereocenters. The lowest BCUT2D eigenvalue weighted by atomic mass is 10.1. The Hall–Kier alpha value is -1.87. The number of likely N-dealkylation sites (tertiary alicyclic amines) is 1. The van der Waals surface area contributed by atoms with Crippen LogP contribution in [0.4, 0.5) is 4.79 Å². The molecule has 0 radical (unpaired) electrons. The molecule has 1 aliphatic rings. The Bertz CT molecular complexity index is 947. The summed E-state index contributed by atoms with van der Waals surface area (Å²) in [5.41, 5.74) is 1.79. The van der Waals surface area contributed by atoms with E-state index in [9.17, 15) is 4.79 Å². The molecule has 0 aliphatic carbocycles. The topological polar surface area (TPSA) is 59.7 Å². The van der Waals surface area contributed by atoms with Crippen LogP contribution in [-0.4, -0.2) is 38.5 Å². The first-order valence-electron chi connectivity index (χ1n) is 8.27. The SMILES string of the molecule is O=C(OCc1ccccc1)N1CC[C@H](c2nc(I)c3c(Cl)nccn23)C1. The highest BCUT2D eigenvalue weighted by Crippen LogP contribution is 2.31. The molecule has 26 heavy (non-hydrogen) atoms. The molecule has 1 fully saturated rings. The molecule has 8 heteroatoms. The Labute approximate surface area is 169 Å². The van der Waals surface area contributed by atoms with Crippen LogP contribution in [0.25, 0.3) is 5.52 Å². The fraction of sp³-hybridized carbons (Fsp3) is 0.278. The monoisotopic (exact) mass is 482 g/mol. The van der Waals surface area contributed by atoms with Crippen molar-refractivity contribution in [1.29, 1.82) is 0 Å². The van der Waals surface area contributed by atoms with Crippen molar-refractivity contribution in [2.75, 3.05) is 13.1 Å². The molecule has 3 heterocycles. The van der Waals surface area contributed by atoms with Crippen molar-refractivity contribution >= 4 is 45.8 Å². The van der Waals surface area contributed by atoms with Gasteiger partial charge in [0, 0.05) is 31.4 Å². The third-order valence-corrected chi connectivity index (χ3v) is 5.54.